The first kappa shape index (κ1) is 20.7. The highest BCUT2D eigenvalue weighted by Gasteiger charge is 2.25. The number of piperidine rings is 1. The number of methoxy groups -OCH3 is 1. The van der Waals surface area contributed by atoms with Gasteiger partial charge in [-0.2, -0.15) is 0 Å². The molecular weight excluding hydrogens is 433 g/mol. The molecule has 0 aliphatic carbocycles. The minimum absolute atomic E-state index is 0.246. The van der Waals surface area contributed by atoms with E-state index in [1.165, 1.54) is 6.07 Å². The van der Waals surface area contributed by atoms with Crippen LogP contribution < -0.4 is 18.6 Å². The SMILES string of the molecule is COc1cnc(N2CCC(COc3ccc(-c4ccc5c(c4)OS5=O)cc3F)CC2)nc1. The van der Waals surface area contributed by atoms with Gasteiger partial charge in [-0.1, -0.05) is 12.1 Å². The first-order chi connectivity index (χ1) is 15.6. The molecule has 32 heavy (non-hydrogen) atoms. The molecule has 2 aromatic carbocycles. The van der Waals surface area contributed by atoms with Crippen molar-refractivity contribution in [2.45, 2.75) is 17.7 Å². The average Bonchev–Trinajstić information content (AvgIpc) is 2.83. The molecule has 7 nitrogen and oxygen atoms in total. The van der Waals surface area contributed by atoms with Crippen LogP contribution in [0.25, 0.3) is 11.1 Å². The van der Waals surface area contributed by atoms with Crippen LogP contribution in [0.3, 0.4) is 0 Å². The summed E-state index contributed by atoms with van der Waals surface area (Å²) in [5, 5.41) is 0. The minimum atomic E-state index is -1.37. The van der Waals surface area contributed by atoms with E-state index in [-0.39, 0.29) is 5.75 Å². The Kier molecular flexibility index (Phi) is 5.65. The van der Waals surface area contributed by atoms with Gasteiger partial charge in [-0.3, -0.25) is 0 Å². The smallest absolute Gasteiger partial charge is 0.244 e. The third kappa shape index (κ3) is 4.12. The molecule has 0 spiro atoms. The van der Waals surface area contributed by atoms with Crippen molar-refractivity contribution in [2.75, 3.05) is 31.7 Å². The van der Waals surface area contributed by atoms with Crippen LogP contribution in [0, 0.1) is 11.7 Å². The lowest BCUT2D eigenvalue weighted by Gasteiger charge is -2.31. The molecule has 166 valence electrons. The van der Waals surface area contributed by atoms with Crippen molar-refractivity contribution in [1.29, 1.82) is 0 Å². The highest BCUT2D eigenvalue weighted by Crippen LogP contribution is 2.37. The Labute approximate surface area is 187 Å². The summed E-state index contributed by atoms with van der Waals surface area (Å²) in [5.41, 5.74) is 1.52. The van der Waals surface area contributed by atoms with Gasteiger partial charge >= 0.3 is 0 Å². The number of hydrogen-bond donors (Lipinski definition) is 0. The summed E-state index contributed by atoms with van der Waals surface area (Å²) in [4.78, 5) is 11.5. The molecule has 0 bridgehead atoms. The zero-order chi connectivity index (χ0) is 22.1. The standard InChI is InChI=1S/C23H22FN3O4S/c1-29-18-12-25-23(26-13-18)27-8-6-15(7-9-27)14-30-20-4-2-16(10-19(20)24)17-3-5-22-21(11-17)31-32(22)28/h2-5,10-13,15H,6-9,14H2,1H3. The number of benzene rings is 2. The van der Waals surface area contributed by atoms with Gasteiger partial charge in [0.15, 0.2) is 23.1 Å². The van der Waals surface area contributed by atoms with E-state index in [2.05, 4.69) is 14.9 Å². The van der Waals surface area contributed by atoms with Crippen LogP contribution in [-0.4, -0.2) is 41.0 Å². The summed E-state index contributed by atoms with van der Waals surface area (Å²) >= 11 is -1.37. The van der Waals surface area contributed by atoms with Crippen molar-refractivity contribution in [2.24, 2.45) is 5.92 Å². The van der Waals surface area contributed by atoms with E-state index in [0.29, 0.717) is 40.4 Å². The zero-order valence-corrected chi connectivity index (χ0v) is 18.3. The van der Waals surface area contributed by atoms with Crippen molar-refractivity contribution in [1.82, 2.24) is 9.97 Å². The molecule has 0 N–H and O–H groups in total. The van der Waals surface area contributed by atoms with Gasteiger partial charge in [0.1, 0.15) is 4.90 Å². The van der Waals surface area contributed by atoms with E-state index in [1.807, 2.05) is 12.1 Å². The lowest BCUT2D eigenvalue weighted by atomic mass is 9.98. The molecule has 0 radical (unpaired) electrons. The number of fused-ring (bicyclic) bond motifs is 1. The van der Waals surface area contributed by atoms with Crippen LogP contribution >= 0.6 is 0 Å². The maximum atomic E-state index is 14.7. The van der Waals surface area contributed by atoms with E-state index in [0.717, 1.165) is 31.5 Å². The van der Waals surface area contributed by atoms with Gasteiger partial charge in [-0.05, 0) is 54.2 Å². The van der Waals surface area contributed by atoms with Crippen molar-refractivity contribution in [3.05, 3.63) is 54.6 Å². The van der Waals surface area contributed by atoms with E-state index in [4.69, 9.17) is 13.7 Å². The van der Waals surface area contributed by atoms with Gasteiger partial charge < -0.3 is 18.6 Å². The summed E-state index contributed by atoms with van der Waals surface area (Å²) in [6.45, 7) is 2.12. The molecule has 0 saturated carbocycles. The molecule has 1 unspecified atom stereocenters. The summed E-state index contributed by atoms with van der Waals surface area (Å²) < 4.78 is 42.0. The van der Waals surface area contributed by atoms with Crippen LogP contribution in [0.4, 0.5) is 10.3 Å². The monoisotopic (exact) mass is 455 g/mol. The normalized spacial score (nSPS) is 17.8. The molecule has 0 amide bonds. The molecule has 1 saturated heterocycles. The third-order valence-corrected chi connectivity index (χ3v) is 6.80. The maximum absolute atomic E-state index is 14.7. The average molecular weight is 456 g/mol. The Morgan fingerprint density at radius 2 is 1.84 bits per heavy atom. The second-order valence-corrected chi connectivity index (χ2v) is 8.86. The molecule has 2 aliphatic heterocycles. The maximum Gasteiger partial charge on any atom is 0.244 e. The van der Waals surface area contributed by atoms with Crippen molar-refractivity contribution < 1.29 is 22.3 Å². The second-order valence-electron chi connectivity index (χ2n) is 7.79. The topological polar surface area (TPSA) is 73.8 Å². The molecule has 1 aromatic heterocycles. The number of aromatic nitrogens is 2. The fourth-order valence-electron chi connectivity index (χ4n) is 3.87. The molecule has 3 heterocycles. The van der Waals surface area contributed by atoms with E-state index < -0.39 is 16.9 Å². The van der Waals surface area contributed by atoms with Crippen LogP contribution in [-0.2, 0) is 11.1 Å². The Morgan fingerprint density at radius 3 is 2.50 bits per heavy atom. The summed E-state index contributed by atoms with van der Waals surface area (Å²) in [6.07, 6.45) is 5.18. The number of ether oxygens (including phenoxy) is 2. The lowest BCUT2D eigenvalue weighted by Crippen LogP contribution is -2.36. The summed E-state index contributed by atoms with van der Waals surface area (Å²) in [5.74, 6) is 2.09. The van der Waals surface area contributed by atoms with Crippen LogP contribution in [0.2, 0.25) is 0 Å². The predicted molar refractivity (Wildman–Crippen MR) is 118 cm³/mol. The van der Waals surface area contributed by atoms with E-state index in [1.54, 1.807) is 37.7 Å². The van der Waals surface area contributed by atoms with Gasteiger partial charge in [-0.15, -0.1) is 0 Å². The number of rotatable bonds is 6. The van der Waals surface area contributed by atoms with Crippen molar-refractivity contribution in [3.8, 4) is 28.4 Å². The molecule has 5 rings (SSSR count). The number of halogens is 1. The Morgan fingerprint density at radius 1 is 1.12 bits per heavy atom. The van der Waals surface area contributed by atoms with Gasteiger partial charge in [0.25, 0.3) is 0 Å². The highest BCUT2D eigenvalue weighted by atomic mass is 32.2. The second kappa shape index (κ2) is 8.74. The largest absolute Gasteiger partial charge is 0.494 e. The molecule has 1 fully saturated rings. The number of anilines is 1. The predicted octanol–water partition coefficient (Wildman–Crippen LogP) is 4.00. The fourth-order valence-corrected chi connectivity index (χ4v) is 4.58. The molecule has 3 aromatic rings. The summed E-state index contributed by atoms with van der Waals surface area (Å²) in [7, 11) is 1.59. The zero-order valence-electron chi connectivity index (χ0n) is 17.5. The van der Waals surface area contributed by atoms with E-state index in [9.17, 15) is 8.60 Å². The van der Waals surface area contributed by atoms with Crippen LogP contribution in [0.5, 0.6) is 17.2 Å². The van der Waals surface area contributed by atoms with Gasteiger partial charge in [-0.25, -0.2) is 18.6 Å². The van der Waals surface area contributed by atoms with Crippen molar-refractivity contribution >= 4 is 17.0 Å². The molecular formula is C23H22FN3O4S. The molecule has 1 atom stereocenters. The van der Waals surface area contributed by atoms with Gasteiger partial charge in [0.05, 0.1) is 26.1 Å². The number of hydrogen-bond acceptors (Lipinski definition) is 7. The van der Waals surface area contributed by atoms with Crippen LogP contribution in [0.1, 0.15) is 12.8 Å². The Hall–Kier alpha value is -3.20. The first-order valence-electron chi connectivity index (χ1n) is 10.4. The Balaban J connectivity index is 1.16. The van der Waals surface area contributed by atoms with Gasteiger partial charge in [0.2, 0.25) is 17.0 Å². The Bertz CT molecular complexity index is 1150. The molecule has 9 heteroatoms. The van der Waals surface area contributed by atoms with Crippen LogP contribution in [0.15, 0.2) is 53.7 Å². The molecule has 2 aliphatic rings. The minimum Gasteiger partial charge on any atom is -0.494 e. The number of nitrogens with zero attached hydrogens (tertiary/aromatic N) is 3. The van der Waals surface area contributed by atoms with Gasteiger partial charge in [0, 0.05) is 13.1 Å². The summed E-state index contributed by atoms with van der Waals surface area (Å²) in [6, 6.07) is 10.3. The first-order valence-corrected chi connectivity index (χ1v) is 11.5. The quantitative estimate of drug-likeness (QED) is 0.556. The van der Waals surface area contributed by atoms with E-state index >= 15 is 0 Å². The van der Waals surface area contributed by atoms with Crippen molar-refractivity contribution in [3.63, 3.8) is 0 Å². The fraction of sp³-hybridized carbons (Fsp3) is 0.304. The third-order valence-electron chi connectivity index (χ3n) is 5.78. The lowest BCUT2D eigenvalue weighted by molar-refractivity contribution is 0.215. The highest BCUT2D eigenvalue weighted by molar-refractivity contribution is 7.82.